The van der Waals surface area contributed by atoms with E-state index in [0.717, 1.165) is 23.8 Å². The number of aryl methyl sites for hydroxylation is 1. The Bertz CT molecular complexity index is 769. The highest BCUT2D eigenvalue weighted by Crippen LogP contribution is 2.30. The summed E-state index contributed by atoms with van der Waals surface area (Å²) >= 11 is 0. The first-order chi connectivity index (χ1) is 10.1. The van der Waals surface area contributed by atoms with Crippen LogP contribution in [0, 0.1) is 6.92 Å². The Morgan fingerprint density at radius 1 is 1.19 bits per heavy atom. The van der Waals surface area contributed by atoms with Gasteiger partial charge in [-0.1, -0.05) is 30.6 Å². The minimum absolute atomic E-state index is 0.371. The quantitative estimate of drug-likeness (QED) is 0.789. The zero-order valence-corrected chi connectivity index (χ0v) is 12.5. The first-order valence-electron chi connectivity index (χ1n) is 7.19. The Morgan fingerprint density at radius 3 is 2.67 bits per heavy atom. The Balaban J connectivity index is 2.01. The van der Waals surface area contributed by atoms with E-state index in [1.54, 1.807) is 0 Å². The molecule has 0 aliphatic rings. The second-order valence-corrected chi connectivity index (χ2v) is 5.44. The van der Waals surface area contributed by atoms with Crippen molar-refractivity contribution in [2.45, 2.75) is 39.2 Å². The largest absolute Gasteiger partial charge is 0.451 e. The molecule has 2 heterocycles. The van der Waals surface area contributed by atoms with E-state index in [-0.39, 0.29) is 0 Å². The van der Waals surface area contributed by atoms with Gasteiger partial charge < -0.3 is 14.7 Å². The molecule has 0 saturated carbocycles. The van der Waals surface area contributed by atoms with Crippen LogP contribution in [0.3, 0.4) is 0 Å². The van der Waals surface area contributed by atoms with Crippen molar-refractivity contribution in [3.63, 3.8) is 0 Å². The highest BCUT2D eigenvalue weighted by atomic mass is 16.5. The number of furan rings is 1. The van der Waals surface area contributed by atoms with E-state index < -0.39 is 5.54 Å². The number of hydrogen-bond donors (Lipinski definition) is 1. The molecular formula is C16H19N3O2. The average molecular weight is 285 g/mol. The van der Waals surface area contributed by atoms with Gasteiger partial charge in [0.25, 0.3) is 5.89 Å². The smallest absolute Gasteiger partial charge is 0.293 e. The van der Waals surface area contributed by atoms with Gasteiger partial charge in [-0.05, 0) is 38.0 Å². The average Bonchev–Trinajstić information content (AvgIpc) is 3.12. The third kappa shape index (κ3) is 2.34. The van der Waals surface area contributed by atoms with Crippen LogP contribution < -0.4 is 5.73 Å². The Labute approximate surface area is 123 Å². The standard InChI is InChI=1S/C16H19N3O2/c1-4-16(17,5-2)15-18-14(21-19-15)13-9-11-8-10(3)6-7-12(11)20-13/h6-9H,4-5,17H2,1-3H3. The second kappa shape index (κ2) is 5.00. The van der Waals surface area contributed by atoms with E-state index in [9.17, 15) is 0 Å². The molecule has 0 fully saturated rings. The van der Waals surface area contributed by atoms with Crippen molar-refractivity contribution in [3.05, 3.63) is 35.7 Å². The Hall–Kier alpha value is -2.14. The van der Waals surface area contributed by atoms with Gasteiger partial charge in [0.05, 0.1) is 5.54 Å². The van der Waals surface area contributed by atoms with Crippen LogP contribution >= 0.6 is 0 Å². The van der Waals surface area contributed by atoms with Crippen LogP contribution in [0.15, 0.2) is 33.2 Å². The SMILES string of the molecule is CCC(N)(CC)c1noc(-c2cc3cc(C)ccc3o2)n1. The lowest BCUT2D eigenvalue weighted by molar-refractivity contribution is 0.348. The molecule has 0 radical (unpaired) electrons. The van der Waals surface area contributed by atoms with Crippen LogP contribution in [-0.2, 0) is 5.54 Å². The number of benzene rings is 1. The van der Waals surface area contributed by atoms with Crippen LogP contribution in [0.2, 0.25) is 0 Å². The minimum atomic E-state index is -0.551. The molecule has 0 atom stereocenters. The summed E-state index contributed by atoms with van der Waals surface area (Å²) in [7, 11) is 0. The third-order valence-corrected chi connectivity index (χ3v) is 4.02. The lowest BCUT2D eigenvalue weighted by atomic mass is 9.93. The molecular weight excluding hydrogens is 266 g/mol. The minimum Gasteiger partial charge on any atom is -0.451 e. The molecule has 3 rings (SSSR count). The lowest BCUT2D eigenvalue weighted by Gasteiger charge is -2.21. The molecule has 5 nitrogen and oxygen atoms in total. The summed E-state index contributed by atoms with van der Waals surface area (Å²) in [5, 5.41) is 5.05. The van der Waals surface area contributed by atoms with E-state index in [0.29, 0.717) is 17.5 Å². The van der Waals surface area contributed by atoms with Gasteiger partial charge in [0.15, 0.2) is 11.6 Å². The number of nitrogens with two attached hydrogens (primary N) is 1. The Morgan fingerprint density at radius 2 is 1.95 bits per heavy atom. The predicted octanol–water partition coefficient (Wildman–Crippen LogP) is 3.77. The molecule has 0 aliphatic heterocycles. The summed E-state index contributed by atoms with van der Waals surface area (Å²) in [4.78, 5) is 4.42. The third-order valence-electron chi connectivity index (χ3n) is 4.02. The van der Waals surface area contributed by atoms with Crippen molar-refractivity contribution in [3.8, 4) is 11.7 Å². The van der Waals surface area contributed by atoms with Gasteiger partial charge in [-0.25, -0.2) is 0 Å². The Kier molecular flexibility index (Phi) is 3.29. The van der Waals surface area contributed by atoms with E-state index >= 15 is 0 Å². The number of nitrogens with zero attached hydrogens (tertiary/aromatic N) is 2. The predicted molar refractivity (Wildman–Crippen MR) is 80.7 cm³/mol. The van der Waals surface area contributed by atoms with Gasteiger partial charge >= 0.3 is 0 Å². The topological polar surface area (TPSA) is 78.1 Å². The highest BCUT2D eigenvalue weighted by Gasteiger charge is 2.29. The first-order valence-corrected chi connectivity index (χ1v) is 7.19. The van der Waals surface area contributed by atoms with Gasteiger partial charge in [0.2, 0.25) is 0 Å². The molecule has 3 aromatic rings. The van der Waals surface area contributed by atoms with Crippen LogP contribution in [0.4, 0.5) is 0 Å². The zero-order chi connectivity index (χ0) is 15.0. The summed E-state index contributed by atoms with van der Waals surface area (Å²) in [5.74, 6) is 1.47. The van der Waals surface area contributed by atoms with Gasteiger partial charge in [-0.2, -0.15) is 4.98 Å². The maximum absolute atomic E-state index is 6.29. The van der Waals surface area contributed by atoms with Gasteiger partial charge in [-0.3, -0.25) is 0 Å². The fourth-order valence-electron chi connectivity index (χ4n) is 2.36. The summed E-state index contributed by atoms with van der Waals surface area (Å²) in [6.45, 7) is 6.08. The van der Waals surface area contributed by atoms with Crippen molar-refractivity contribution in [1.82, 2.24) is 10.1 Å². The van der Waals surface area contributed by atoms with E-state index in [2.05, 4.69) is 16.2 Å². The maximum atomic E-state index is 6.29. The highest BCUT2D eigenvalue weighted by molar-refractivity contribution is 5.82. The number of aromatic nitrogens is 2. The monoisotopic (exact) mass is 285 g/mol. The summed E-state index contributed by atoms with van der Waals surface area (Å²) in [6, 6.07) is 7.92. The fourth-order valence-corrected chi connectivity index (χ4v) is 2.36. The fraction of sp³-hybridized carbons (Fsp3) is 0.375. The van der Waals surface area contributed by atoms with Gasteiger partial charge in [-0.15, -0.1) is 0 Å². The van der Waals surface area contributed by atoms with E-state index in [1.807, 2.05) is 39.0 Å². The molecule has 0 unspecified atom stereocenters. The molecule has 0 bridgehead atoms. The summed E-state index contributed by atoms with van der Waals surface area (Å²) < 4.78 is 11.1. The van der Waals surface area contributed by atoms with Crippen LogP contribution in [0.25, 0.3) is 22.6 Å². The molecule has 21 heavy (non-hydrogen) atoms. The molecule has 2 aromatic heterocycles. The number of hydrogen-bond acceptors (Lipinski definition) is 5. The lowest BCUT2D eigenvalue weighted by Crippen LogP contribution is -2.36. The van der Waals surface area contributed by atoms with Crippen molar-refractivity contribution in [1.29, 1.82) is 0 Å². The molecule has 0 spiro atoms. The summed E-state index contributed by atoms with van der Waals surface area (Å²) in [5.41, 5.74) is 7.72. The zero-order valence-electron chi connectivity index (χ0n) is 12.5. The molecule has 2 N–H and O–H groups in total. The second-order valence-electron chi connectivity index (χ2n) is 5.44. The van der Waals surface area contributed by atoms with E-state index in [4.69, 9.17) is 14.7 Å². The van der Waals surface area contributed by atoms with Crippen molar-refractivity contribution >= 4 is 11.0 Å². The first kappa shape index (κ1) is 13.8. The van der Waals surface area contributed by atoms with Crippen LogP contribution in [0.5, 0.6) is 0 Å². The van der Waals surface area contributed by atoms with Crippen LogP contribution in [-0.4, -0.2) is 10.1 Å². The number of rotatable bonds is 4. The molecule has 1 aromatic carbocycles. The maximum Gasteiger partial charge on any atom is 0.293 e. The molecule has 0 amide bonds. The molecule has 0 aliphatic carbocycles. The molecule has 5 heteroatoms. The van der Waals surface area contributed by atoms with Crippen LogP contribution in [0.1, 0.15) is 38.1 Å². The van der Waals surface area contributed by atoms with E-state index in [1.165, 1.54) is 5.56 Å². The molecule has 0 saturated heterocycles. The van der Waals surface area contributed by atoms with Crippen molar-refractivity contribution in [2.24, 2.45) is 5.73 Å². The normalized spacial score (nSPS) is 12.2. The van der Waals surface area contributed by atoms with Crippen molar-refractivity contribution < 1.29 is 8.94 Å². The van der Waals surface area contributed by atoms with Gasteiger partial charge in [0.1, 0.15) is 5.58 Å². The number of fused-ring (bicyclic) bond motifs is 1. The molecule has 110 valence electrons. The van der Waals surface area contributed by atoms with Crippen molar-refractivity contribution in [2.75, 3.05) is 0 Å². The summed E-state index contributed by atoms with van der Waals surface area (Å²) in [6.07, 6.45) is 1.50. The van der Waals surface area contributed by atoms with Gasteiger partial charge in [0, 0.05) is 5.39 Å².